The van der Waals surface area contributed by atoms with E-state index in [2.05, 4.69) is 10.6 Å². The summed E-state index contributed by atoms with van der Waals surface area (Å²) in [5.74, 6) is -27.8. The van der Waals surface area contributed by atoms with E-state index in [-0.39, 0.29) is 68.1 Å². The van der Waals surface area contributed by atoms with Gasteiger partial charge in [-0.15, -0.1) is 0 Å². The summed E-state index contributed by atoms with van der Waals surface area (Å²) in [4.78, 5) is 117. The number of hydrogen-bond acceptors (Lipinski definition) is 30. The van der Waals surface area contributed by atoms with Crippen LogP contribution in [0.3, 0.4) is 0 Å². The first-order valence-corrected chi connectivity index (χ1v) is 51.0. The van der Waals surface area contributed by atoms with Crippen molar-refractivity contribution in [2.45, 2.75) is 193 Å². The standard InChI is InChI=1S/C86H109N9O30S7/c1-48(52-5-19-71(20-6-52)126(105,106)107)33-59(54-9-23-73(24-10-54)128(111,112)113)37-60(55-11-25-74(26-12-55)129(114,115)116)38-61(56-13-27-75(28-14-56)130(117,118)119)39-62(57-15-29-76(30-16-57)131(120,121)122)40-63(58-17-31-77(32-18-58)132(123,124)125)41-69(34-49(2)53-7-21-72(22-8-53)127(108,109)110)85(103)94-47-95-86(104)70(45-65(81(90)99)36-51(4)79(88)97)46-68(84(93)102)44-67(83(92)101)43-66(82(91)100)42-64(80(89)98)35-50(3)78(87)96/h5-32,48-51,59-70H,33-47H2,1-4H3,(H2,87,96)(H2,88,97)(H2,89,98)(H2,90,99)(H2,91,100)(H2,92,101)(H2,93,102)(H,94,103)(H,95,104)(H,105,106,107)(H,108,109,110)(H,111,112,113)(H,114,115,116)(H,117,118,119)(H,120,121,122)(H,123,124,125)/p-7. The van der Waals surface area contributed by atoms with Gasteiger partial charge in [0.05, 0.1) is 40.9 Å². The van der Waals surface area contributed by atoms with Crippen molar-refractivity contribution in [3.05, 3.63) is 209 Å². The Morgan fingerprint density at radius 3 is 0.583 bits per heavy atom. The molecule has 46 heteroatoms. The molecule has 16 N–H and O–H groups in total. The SMILES string of the molecule is CC(CC(CC(CC(CC(CC(CC(CC(C)C(N)=O)C(N)=O)C(=O)NCNC(=O)C(CC(C)c1ccc(S(=O)(=O)[O-])cc1)CC(CC(CC(CC(CC(CC(C)c1ccc(S(=O)(=O)[O-])cc1)c1ccc(S(=O)(=O)[O-])cc1)c1ccc(S(=O)(=O)[O-])cc1)c1ccc(S(=O)(=O)[O-])cc1)c1ccc(S(=O)(=O)[O-])cc1)c1ccc(S(=O)(=O)[O-])cc1)C(N)=O)C(N)=O)C(N)=O)C(N)=O)C(N)=O. The molecule has 0 saturated carbocycles. The average molecular weight is 1970 g/mol. The lowest BCUT2D eigenvalue weighted by molar-refractivity contribution is -0.130. The van der Waals surface area contributed by atoms with Gasteiger partial charge in [-0.25, -0.2) is 58.9 Å². The highest BCUT2D eigenvalue weighted by Crippen LogP contribution is 2.48. The fourth-order valence-corrected chi connectivity index (χ4v) is 20.0. The monoisotopic (exact) mass is 1960 g/mol. The third kappa shape index (κ3) is 32.2. The van der Waals surface area contributed by atoms with Crippen LogP contribution in [0.4, 0.5) is 0 Å². The van der Waals surface area contributed by atoms with E-state index in [1.165, 1.54) is 98.8 Å². The van der Waals surface area contributed by atoms with Crippen LogP contribution in [0.2, 0.25) is 0 Å². The highest BCUT2D eigenvalue weighted by molar-refractivity contribution is 7.87. The molecule has 0 radical (unpaired) electrons. The van der Waals surface area contributed by atoms with E-state index in [1.54, 1.807) is 13.8 Å². The molecule has 7 rings (SSSR count). The normalized spacial score (nSPS) is 16.1. The molecule has 39 nitrogen and oxygen atoms in total. The summed E-state index contributed by atoms with van der Waals surface area (Å²) in [6, 6.07) is 32.4. The number of carbonyl (C=O) groups excluding carboxylic acids is 9. The minimum atomic E-state index is -5.24. The van der Waals surface area contributed by atoms with Crippen molar-refractivity contribution in [1.82, 2.24) is 10.6 Å². The Morgan fingerprint density at radius 2 is 0.386 bits per heavy atom. The zero-order valence-electron chi connectivity index (χ0n) is 71.7. The molecule has 0 saturated heterocycles. The maximum atomic E-state index is 15.7. The molecular weight excluding hydrogens is 1860 g/mol. The van der Waals surface area contributed by atoms with E-state index < -0.39 is 298 Å². The Bertz CT molecular complexity index is 6170. The van der Waals surface area contributed by atoms with E-state index in [0.717, 1.165) is 84.9 Å². The summed E-state index contributed by atoms with van der Waals surface area (Å²) in [7, 11) is -36.0. The molecule has 16 unspecified atom stereocenters. The maximum Gasteiger partial charge on any atom is 0.224 e. The molecule has 0 bridgehead atoms. The zero-order chi connectivity index (χ0) is 98.8. The Morgan fingerprint density at radius 1 is 0.220 bits per heavy atom. The quantitative estimate of drug-likeness (QED) is 0.0187. The largest absolute Gasteiger partial charge is 0.744 e. The van der Waals surface area contributed by atoms with Gasteiger partial charge < -0.3 is 82.6 Å². The maximum absolute atomic E-state index is 15.7. The van der Waals surface area contributed by atoms with Crippen molar-refractivity contribution in [2.75, 3.05) is 6.67 Å². The molecule has 9 amide bonds. The predicted octanol–water partition coefficient (Wildman–Crippen LogP) is 4.48. The third-order valence-electron chi connectivity index (χ3n) is 24.2. The number of carbonyl (C=O) groups is 9. The van der Waals surface area contributed by atoms with Crippen LogP contribution in [0.5, 0.6) is 0 Å². The predicted molar refractivity (Wildman–Crippen MR) is 464 cm³/mol. The van der Waals surface area contributed by atoms with Crippen LogP contribution in [0.15, 0.2) is 204 Å². The molecule has 0 spiro atoms. The Hall–Kier alpha value is -10.9. The molecular formula is C86H102N9O30S7-7. The fraction of sp³-hybridized carbons (Fsp3) is 0.407. The summed E-state index contributed by atoms with van der Waals surface area (Å²) in [5, 5.41) is 5.19. The Balaban J connectivity index is 1.41. The van der Waals surface area contributed by atoms with Crippen LogP contribution in [-0.2, 0) is 114 Å². The molecule has 0 fully saturated rings. The third-order valence-corrected chi connectivity index (χ3v) is 30.1. The van der Waals surface area contributed by atoms with Gasteiger partial charge in [-0.2, -0.15) is 0 Å². The molecule has 0 aliphatic heterocycles. The van der Waals surface area contributed by atoms with Gasteiger partial charge in [0.1, 0.15) is 70.8 Å². The number of primary amides is 7. The van der Waals surface area contributed by atoms with Gasteiger partial charge in [0.25, 0.3) is 0 Å². The number of nitrogens with one attached hydrogen (secondary N) is 2. The van der Waals surface area contributed by atoms with Crippen LogP contribution in [0.25, 0.3) is 0 Å². The van der Waals surface area contributed by atoms with Gasteiger partial charge in [0.2, 0.25) is 53.2 Å². The van der Waals surface area contributed by atoms with Crippen LogP contribution < -0.4 is 50.8 Å². The summed E-state index contributed by atoms with van der Waals surface area (Å²) in [6.07, 6.45) is -4.89. The lowest BCUT2D eigenvalue weighted by Gasteiger charge is -2.34. The zero-order valence-corrected chi connectivity index (χ0v) is 77.4. The molecule has 0 aromatic heterocycles. The van der Waals surface area contributed by atoms with Gasteiger partial charge in [-0.1, -0.05) is 113 Å². The second kappa shape index (κ2) is 45.7. The molecule has 7 aromatic carbocycles. The molecule has 16 atom stereocenters. The lowest BCUT2D eigenvalue weighted by Crippen LogP contribution is -2.44. The van der Waals surface area contributed by atoms with Crippen LogP contribution in [-0.4, -0.2) is 151 Å². The first-order chi connectivity index (χ1) is 61.1. The van der Waals surface area contributed by atoms with Crippen LogP contribution in [0, 0.1) is 53.3 Å². The molecule has 132 heavy (non-hydrogen) atoms. The highest BCUT2D eigenvalue weighted by atomic mass is 32.2. The van der Waals surface area contributed by atoms with E-state index in [4.69, 9.17) is 40.1 Å². The number of benzene rings is 7. The van der Waals surface area contributed by atoms with E-state index in [9.17, 15) is 124 Å². The van der Waals surface area contributed by atoms with Crippen LogP contribution in [0.1, 0.15) is 198 Å². The van der Waals surface area contributed by atoms with Crippen molar-refractivity contribution in [3.63, 3.8) is 0 Å². The second-order valence-corrected chi connectivity index (χ2v) is 43.2. The first kappa shape index (κ1) is 108. The summed E-state index contributed by atoms with van der Waals surface area (Å²) >= 11 is 0. The molecule has 0 heterocycles. The Labute approximate surface area is 765 Å². The molecule has 0 aliphatic rings. The van der Waals surface area contributed by atoms with E-state index >= 15 is 9.59 Å². The van der Waals surface area contributed by atoms with E-state index in [0.29, 0.717) is 22.3 Å². The molecule has 7 aromatic rings. The van der Waals surface area contributed by atoms with Crippen molar-refractivity contribution >= 4 is 124 Å². The van der Waals surface area contributed by atoms with Gasteiger partial charge in [-0.05, 0) is 255 Å². The van der Waals surface area contributed by atoms with Crippen LogP contribution >= 0.6 is 0 Å². The summed E-state index contributed by atoms with van der Waals surface area (Å²) < 4.78 is 263. The van der Waals surface area contributed by atoms with Crippen molar-refractivity contribution in [2.24, 2.45) is 93.4 Å². The van der Waals surface area contributed by atoms with Crippen molar-refractivity contribution in [1.29, 1.82) is 0 Å². The topological polar surface area (TPSA) is 760 Å². The lowest BCUT2D eigenvalue weighted by atomic mass is 9.71. The van der Waals surface area contributed by atoms with Crippen molar-refractivity contribution < 1.29 is 134 Å². The molecule has 720 valence electrons. The highest BCUT2D eigenvalue weighted by Gasteiger charge is 2.39. The minimum absolute atomic E-state index is 0.0701. The number of rotatable bonds is 53. The van der Waals surface area contributed by atoms with Gasteiger partial charge in [0.15, 0.2) is 0 Å². The number of nitrogens with two attached hydrogens (primary N) is 7. The second-order valence-electron chi connectivity index (χ2n) is 33.5. The molecule has 0 aliphatic carbocycles. The smallest absolute Gasteiger partial charge is 0.224 e. The van der Waals surface area contributed by atoms with Gasteiger partial charge >= 0.3 is 0 Å². The van der Waals surface area contributed by atoms with Gasteiger partial charge in [0, 0.05) is 53.3 Å². The summed E-state index contributed by atoms with van der Waals surface area (Å²) in [5.41, 5.74) is 42.3. The number of hydrogen-bond donors (Lipinski definition) is 9. The van der Waals surface area contributed by atoms with Crippen molar-refractivity contribution in [3.8, 4) is 0 Å². The van der Waals surface area contributed by atoms with E-state index in [1.807, 2.05) is 0 Å². The fourth-order valence-electron chi connectivity index (χ4n) is 16.7. The van der Waals surface area contributed by atoms with Gasteiger partial charge in [-0.3, -0.25) is 43.2 Å². The Kier molecular flexibility index (Phi) is 37.5. The summed E-state index contributed by atoms with van der Waals surface area (Å²) in [6.45, 7) is 5.19. The minimum Gasteiger partial charge on any atom is -0.744 e. The average Bonchev–Trinajstić information content (AvgIpc) is 0.799. The number of amides is 9. The first-order valence-electron chi connectivity index (χ1n) is 41.1.